The molecule has 0 amide bonds. The third-order valence-electron chi connectivity index (χ3n) is 4.31. The topological polar surface area (TPSA) is 64.5 Å². The zero-order valence-corrected chi connectivity index (χ0v) is 16.0. The molecule has 140 valence electrons. The molecular weight excluding hydrogens is 340 g/mol. The molecule has 6 heteroatoms. The zero-order valence-electron chi connectivity index (χ0n) is 16.0. The number of aliphatic hydroxyl groups excluding tert-OH is 1. The minimum atomic E-state index is -0.776. The number of rotatable bonds is 3. The fourth-order valence-corrected chi connectivity index (χ4v) is 3.14. The van der Waals surface area contributed by atoms with Crippen molar-refractivity contribution in [2.75, 3.05) is 0 Å². The molecule has 3 heterocycles. The summed E-state index contributed by atoms with van der Waals surface area (Å²) >= 11 is 0. The van der Waals surface area contributed by atoms with Crippen LogP contribution in [-0.4, -0.2) is 23.9 Å². The smallest absolute Gasteiger partial charge is 0.280 e. The van der Waals surface area contributed by atoms with E-state index < -0.39 is 6.10 Å². The summed E-state index contributed by atoms with van der Waals surface area (Å²) in [6.45, 7) is 5.66. The maximum atomic E-state index is 13.3. The van der Waals surface area contributed by atoms with Crippen molar-refractivity contribution >= 4 is 5.52 Å². The molecule has 4 aromatic rings. The normalized spacial score (nSPS) is 11.9. The van der Waals surface area contributed by atoms with Crippen LogP contribution in [0.3, 0.4) is 0 Å². The molecule has 1 aromatic carbocycles. The molecule has 27 heavy (non-hydrogen) atoms. The third kappa shape index (κ3) is 3.31. The monoisotopic (exact) mass is 364 g/mol. The minimum absolute atomic E-state index is 0.173. The van der Waals surface area contributed by atoms with Crippen LogP contribution in [-0.2, 0) is 7.05 Å². The van der Waals surface area contributed by atoms with Gasteiger partial charge in [-0.2, -0.15) is 5.10 Å². The van der Waals surface area contributed by atoms with Gasteiger partial charge in [-0.25, -0.2) is 0 Å². The van der Waals surface area contributed by atoms with Gasteiger partial charge >= 0.3 is 0 Å². The van der Waals surface area contributed by atoms with Crippen molar-refractivity contribution < 1.29 is 5.11 Å². The molecule has 0 saturated carbocycles. The number of aromatic nitrogens is 4. The van der Waals surface area contributed by atoms with Gasteiger partial charge in [0.25, 0.3) is 5.56 Å². The SMILES string of the molecule is CC.CC(O)c1cn2ccc(-c3cnn(C)c3)c2c(=O)n1-c1ccccc1. The van der Waals surface area contributed by atoms with Crippen molar-refractivity contribution in [3.63, 3.8) is 0 Å². The van der Waals surface area contributed by atoms with Crippen LogP contribution in [0, 0.1) is 0 Å². The highest BCUT2D eigenvalue weighted by Gasteiger charge is 2.18. The highest BCUT2D eigenvalue weighted by molar-refractivity contribution is 5.80. The second-order valence-electron chi connectivity index (χ2n) is 6.09. The third-order valence-corrected chi connectivity index (χ3v) is 4.31. The summed E-state index contributed by atoms with van der Waals surface area (Å²) in [5.74, 6) is 0. The van der Waals surface area contributed by atoms with Gasteiger partial charge in [0.1, 0.15) is 5.52 Å². The maximum absolute atomic E-state index is 13.3. The Labute approximate surface area is 157 Å². The second-order valence-corrected chi connectivity index (χ2v) is 6.09. The lowest BCUT2D eigenvalue weighted by Crippen LogP contribution is -2.25. The zero-order chi connectivity index (χ0) is 19.6. The summed E-state index contributed by atoms with van der Waals surface area (Å²) in [7, 11) is 1.84. The predicted molar refractivity (Wildman–Crippen MR) is 107 cm³/mol. The molecule has 0 aliphatic heterocycles. The van der Waals surface area contributed by atoms with Crippen LogP contribution >= 0.6 is 0 Å². The van der Waals surface area contributed by atoms with E-state index in [2.05, 4.69) is 5.10 Å². The molecule has 4 rings (SSSR count). The van der Waals surface area contributed by atoms with Crippen LogP contribution in [0.2, 0.25) is 0 Å². The minimum Gasteiger partial charge on any atom is -0.387 e. The van der Waals surface area contributed by atoms with Crippen molar-refractivity contribution in [2.45, 2.75) is 26.9 Å². The van der Waals surface area contributed by atoms with E-state index in [0.29, 0.717) is 11.2 Å². The van der Waals surface area contributed by atoms with E-state index in [1.807, 2.05) is 69.7 Å². The molecule has 0 aliphatic carbocycles. The van der Waals surface area contributed by atoms with Crippen LogP contribution in [0.1, 0.15) is 32.6 Å². The Morgan fingerprint density at radius 2 is 1.78 bits per heavy atom. The van der Waals surface area contributed by atoms with Gasteiger partial charge in [0.05, 0.1) is 18.0 Å². The Bertz CT molecular complexity index is 1100. The molecule has 0 bridgehead atoms. The average Bonchev–Trinajstić information content (AvgIpc) is 3.30. The van der Waals surface area contributed by atoms with E-state index in [1.165, 1.54) is 0 Å². The second kappa shape index (κ2) is 7.63. The summed E-state index contributed by atoms with van der Waals surface area (Å²) in [5, 5.41) is 14.4. The first kappa shape index (κ1) is 18.7. The van der Waals surface area contributed by atoms with Gasteiger partial charge in [-0.1, -0.05) is 32.0 Å². The predicted octanol–water partition coefficient (Wildman–Crippen LogP) is 3.57. The number of nitrogens with zero attached hydrogens (tertiary/aromatic N) is 4. The van der Waals surface area contributed by atoms with Crippen molar-refractivity contribution in [2.24, 2.45) is 7.05 Å². The molecule has 1 unspecified atom stereocenters. The molecular formula is C21H24N4O2. The van der Waals surface area contributed by atoms with Crippen molar-refractivity contribution in [1.29, 1.82) is 0 Å². The van der Waals surface area contributed by atoms with E-state index in [4.69, 9.17) is 0 Å². The fourth-order valence-electron chi connectivity index (χ4n) is 3.14. The number of benzene rings is 1. The van der Waals surface area contributed by atoms with Crippen molar-refractivity contribution in [3.8, 4) is 16.8 Å². The van der Waals surface area contributed by atoms with Crippen molar-refractivity contribution in [1.82, 2.24) is 18.7 Å². The van der Waals surface area contributed by atoms with Gasteiger partial charge in [0.2, 0.25) is 0 Å². The van der Waals surface area contributed by atoms with E-state index >= 15 is 0 Å². The quantitative estimate of drug-likeness (QED) is 0.604. The first-order chi connectivity index (χ1) is 13.1. The Balaban J connectivity index is 0.00000102. The number of para-hydroxylation sites is 1. The van der Waals surface area contributed by atoms with Gasteiger partial charge in [0, 0.05) is 42.5 Å². The van der Waals surface area contributed by atoms with Crippen LogP contribution in [0.15, 0.2) is 66.0 Å². The highest BCUT2D eigenvalue weighted by Crippen LogP contribution is 2.25. The Kier molecular flexibility index (Phi) is 5.28. The van der Waals surface area contributed by atoms with Crippen LogP contribution in [0.25, 0.3) is 22.3 Å². The maximum Gasteiger partial charge on any atom is 0.280 e. The van der Waals surface area contributed by atoms with Crippen LogP contribution < -0.4 is 5.56 Å². The Hall–Kier alpha value is -3.12. The Morgan fingerprint density at radius 3 is 2.37 bits per heavy atom. The summed E-state index contributed by atoms with van der Waals surface area (Å²) in [6, 6.07) is 11.3. The average molecular weight is 364 g/mol. The summed E-state index contributed by atoms with van der Waals surface area (Å²) in [5.41, 5.74) is 3.35. The highest BCUT2D eigenvalue weighted by atomic mass is 16.3. The fraction of sp³-hybridized carbons (Fsp3) is 0.238. The number of hydrogen-bond donors (Lipinski definition) is 1. The van der Waals surface area contributed by atoms with Crippen molar-refractivity contribution in [3.05, 3.63) is 77.2 Å². The summed E-state index contributed by atoms with van der Waals surface area (Å²) < 4.78 is 5.05. The molecule has 0 spiro atoms. The van der Waals surface area contributed by atoms with Gasteiger partial charge in [-0.05, 0) is 25.1 Å². The van der Waals surface area contributed by atoms with Crippen LogP contribution in [0.4, 0.5) is 0 Å². The molecule has 6 nitrogen and oxygen atoms in total. The van der Waals surface area contributed by atoms with E-state index in [9.17, 15) is 9.90 Å². The number of fused-ring (bicyclic) bond motifs is 1. The van der Waals surface area contributed by atoms with E-state index in [-0.39, 0.29) is 5.56 Å². The lowest BCUT2D eigenvalue weighted by Gasteiger charge is -2.16. The molecule has 3 aromatic heterocycles. The molecule has 0 saturated heterocycles. The first-order valence-corrected chi connectivity index (χ1v) is 9.05. The lowest BCUT2D eigenvalue weighted by molar-refractivity contribution is 0.190. The molecule has 0 aliphatic rings. The molecule has 1 N–H and O–H groups in total. The number of hydrogen-bond acceptors (Lipinski definition) is 3. The molecule has 1 atom stereocenters. The summed E-state index contributed by atoms with van der Waals surface area (Å²) in [6.07, 6.45) is 6.48. The largest absolute Gasteiger partial charge is 0.387 e. The van der Waals surface area contributed by atoms with Gasteiger partial charge < -0.3 is 9.51 Å². The van der Waals surface area contributed by atoms with Gasteiger partial charge in [-0.15, -0.1) is 0 Å². The number of aliphatic hydroxyl groups is 1. The lowest BCUT2D eigenvalue weighted by atomic mass is 10.1. The van der Waals surface area contributed by atoms with E-state index in [1.54, 1.807) is 33.0 Å². The standard InChI is InChI=1S/C19H18N4O2.C2H6/c1-13(24)17-12-22-9-8-16(14-10-20-21(2)11-14)18(22)19(25)23(17)15-6-4-3-5-7-15;1-2/h3-13,24H,1-2H3;1-2H3. The summed E-state index contributed by atoms with van der Waals surface area (Å²) in [4.78, 5) is 13.3. The van der Waals surface area contributed by atoms with Crippen LogP contribution in [0.5, 0.6) is 0 Å². The first-order valence-electron chi connectivity index (χ1n) is 9.05. The van der Waals surface area contributed by atoms with Gasteiger partial charge in [-0.3, -0.25) is 14.0 Å². The van der Waals surface area contributed by atoms with E-state index in [0.717, 1.165) is 16.8 Å². The van der Waals surface area contributed by atoms with Gasteiger partial charge in [0.15, 0.2) is 0 Å². The molecule has 0 radical (unpaired) electrons. The Morgan fingerprint density at radius 1 is 1.07 bits per heavy atom. The number of aryl methyl sites for hydroxylation is 1. The molecule has 0 fully saturated rings.